The van der Waals surface area contributed by atoms with E-state index in [0.717, 1.165) is 48.8 Å². The fourth-order valence-corrected chi connectivity index (χ4v) is 10.6. The summed E-state index contributed by atoms with van der Waals surface area (Å²) in [7, 11) is 0. The third-order valence-corrected chi connectivity index (χ3v) is 13.7. The first-order valence-electron chi connectivity index (χ1n) is 19.0. The highest BCUT2D eigenvalue weighted by Crippen LogP contribution is 2.54. The molecule has 7 heterocycles. The number of anilines is 1. The molecule has 5 aromatic rings. The van der Waals surface area contributed by atoms with Crippen molar-refractivity contribution in [2.45, 2.75) is 76.5 Å². The van der Waals surface area contributed by atoms with Gasteiger partial charge in [0.2, 0.25) is 5.91 Å². The number of benzene rings is 2. The predicted octanol–water partition coefficient (Wildman–Crippen LogP) is 8.63. The molecule has 4 aliphatic heterocycles. The summed E-state index contributed by atoms with van der Waals surface area (Å²) in [5.41, 5.74) is 4.84. The van der Waals surface area contributed by atoms with Gasteiger partial charge in [-0.15, -0.1) is 0 Å². The minimum Gasteiger partial charge on any atom is -0.352 e. The van der Waals surface area contributed by atoms with Crippen LogP contribution in [0.1, 0.15) is 66.7 Å². The van der Waals surface area contributed by atoms with Gasteiger partial charge in [-0.2, -0.15) is 5.26 Å². The first-order valence-corrected chi connectivity index (χ1v) is 19.8. The van der Waals surface area contributed by atoms with Crippen LogP contribution in [0.4, 0.5) is 14.6 Å². The summed E-state index contributed by atoms with van der Waals surface area (Å²) in [5, 5.41) is 15.5. The molecule has 1 N–H and O–H groups in total. The Bertz CT molecular complexity index is 2440. The van der Waals surface area contributed by atoms with Crippen LogP contribution in [0.2, 0.25) is 10.0 Å². The Balaban J connectivity index is 1.21. The van der Waals surface area contributed by atoms with E-state index in [-0.39, 0.29) is 64.7 Å². The number of nitrogens with one attached hydrogen (secondary N) is 1. The molecule has 6 unspecified atom stereocenters. The molecule has 2 saturated carbocycles. The van der Waals surface area contributed by atoms with Crippen molar-refractivity contribution in [3.63, 3.8) is 0 Å². The van der Waals surface area contributed by atoms with Crippen molar-refractivity contribution in [1.29, 1.82) is 5.26 Å². The molecule has 54 heavy (non-hydrogen) atoms. The van der Waals surface area contributed by atoms with Crippen molar-refractivity contribution in [1.82, 2.24) is 24.8 Å². The fourth-order valence-electron chi connectivity index (χ4n) is 10.2. The minimum absolute atomic E-state index is 0.00580. The number of nitriles is 1. The predicted molar refractivity (Wildman–Crippen MR) is 206 cm³/mol. The third-order valence-electron chi connectivity index (χ3n) is 12.9. The standard InChI is InChI=1S/C42H39Cl2F2N7O/c1-20-10-12-48-41(35(20)45)51-18-25-13-26(19-51)52(42(54)22-8-9-22)39(25)32-16-28-21(2)50-37-29(40(28)53(32)38-24-15-31(38)49-17-24)14-23(5-4-11-47)33(36(37)46)27-6-3-7-30(43)34(27)44/h3,6-7,10,12,14,16,22,24-26,31,38-39,49H,4-5,8-9,13,15,17-19H2,1-2H3. The van der Waals surface area contributed by atoms with Gasteiger partial charge in [0.15, 0.2) is 17.5 Å². The Hall–Kier alpha value is -4.30. The van der Waals surface area contributed by atoms with Gasteiger partial charge in [-0.1, -0.05) is 35.3 Å². The highest BCUT2D eigenvalue weighted by atomic mass is 35.5. The van der Waals surface area contributed by atoms with E-state index >= 15 is 8.78 Å². The number of pyridine rings is 2. The maximum Gasteiger partial charge on any atom is 0.226 e. The van der Waals surface area contributed by atoms with E-state index in [1.807, 2.05) is 17.9 Å². The van der Waals surface area contributed by atoms with Crippen LogP contribution in [0.3, 0.4) is 0 Å². The third kappa shape index (κ3) is 5.04. The Morgan fingerprint density at radius 3 is 2.63 bits per heavy atom. The summed E-state index contributed by atoms with van der Waals surface area (Å²) in [6, 6.07) is 13.3. The molecule has 4 bridgehead atoms. The fraction of sp³-hybridized carbons (Fsp3) is 0.429. The summed E-state index contributed by atoms with van der Waals surface area (Å²) in [5.74, 6) is 0.119. The van der Waals surface area contributed by atoms with Gasteiger partial charge < -0.3 is 19.7 Å². The second-order valence-electron chi connectivity index (χ2n) is 16.1. The minimum atomic E-state index is -0.496. The van der Waals surface area contributed by atoms with E-state index in [9.17, 15) is 10.1 Å². The van der Waals surface area contributed by atoms with Crippen LogP contribution < -0.4 is 10.2 Å². The maximum atomic E-state index is 17.3. The lowest BCUT2D eigenvalue weighted by Gasteiger charge is -2.40. The molecule has 0 spiro atoms. The number of amides is 1. The first kappa shape index (κ1) is 34.2. The van der Waals surface area contributed by atoms with Crippen LogP contribution in [0, 0.1) is 54.6 Å². The van der Waals surface area contributed by atoms with Gasteiger partial charge in [0, 0.05) is 83.4 Å². The molecule has 6 aliphatic rings. The number of nitrogens with zero attached hydrogens (tertiary/aromatic N) is 6. The molecule has 276 valence electrons. The lowest BCUT2D eigenvalue weighted by atomic mass is 9.79. The molecule has 2 aromatic carbocycles. The summed E-state index contributed by atoms with van der Waals surface area (Å²) >= 11 is 13.2. The molecule has 4 saturated heterocycles. The average Bonchev–Trinajstić information content (AvgIpc) is 3.44. The van der Waals surface area contributed by atoms with E-state index in [0.29, 0.717) is 69.6 Å². The Morgan fingerprint density at radius 2 is 1.89 bits per heavy atom. The van der Waals surface area contributed by atoms with E-state index < -0.39 is 5.82 Å². The van der Waals surface area contributed by atoms with Gasteiger partial charge in [-0.3, -0.25) is 4.79 Å². The molecular weight excluding hydrogens is 727 g/mol. The highest BCUT2D eigenvalue weighted by molar-refractivity contribution is 6.43. The van der Waals surface area contributed by atoms with Crippen LogP contribution in [0.15, 0.2) is 42.6 Å². The summed E-state index contributed by atoms with van der Waals surface area (Å²) < 4.78 is 35.3. The molecule has 8 nitrogen and oxygen atoms in total. The number of hydrogen-bond donors (Lipinski definition) is 1. The van der Waals surface area contributed by atoms with Crippen LogP contribution in [-0.4, -0.2) is 57.1 Å². The molecule has 11 rings (SSSR count). The number of carbonyl (C=O) groups is 1. The monoisotopic (exact) mass is 765 g/mol. The zero-order valence-corrected chi connectivity index (χ0v) is 31.6. The zero-order valence-electron chi connectivity index (χ0n) is 30.1. The van der Waals surface area contributed by atoms with Gasteiger partial charge in [-0.25, -0.2) is 18.7 Å². The molecule has 2 aliphatic carbocycles. The lowest BCUT2D eigenvalue weighted by Crippen LogP contribution is -2.45. The second kappa shape index (κ2) is 12.6. The Kier molecular flexibility index (Phi) is 8.00. The number of piperidine rings is 1. The summed E-state index contributed by atoms with van der Waals surface area (Å²) in [6.07, 6.45) is 5.80. The number of carbonyl (C=O) groups excluding carboxylic acids is 1. The number of halogens is 4. The number of hydrogen-bond acceptors (Lipinski definition) is 6. The molecule has 1 amide bonds. The Labute approximate surface area is 322 Å². The van der Waals surface area contributed by atoms with Crippen LogP contribution in [0.5, 0.6) is 0 Å². The Morgan fingerprint density at radius 1 is 1.06 bits per heavy atom. The van der Waals surface area contributed by atoms with Crippen LogP contribution in [-0.2, 0) is 11.2 Å². The van der Waals surface area contributed by atoms with Crippen molar-refractivity contribution in [3.05, 3.63) is 86.8 Å². The number of fused-ring (bicyclic) bond motifs is 6. The lowest BCUT2D eigenvalue weighted by molar-refractivity contribution is -0.135. The van der Waals surface area contributed by atoms with Crippen LogP contribution in [0.25, 0.3) is 32.9 Å². The van der Waals surface area contributed by atoms with Gasteiger partial charge in [0.05, 0.1) is 39.8 Å². The molecular formula is C42H39Cl2F2N7O. The summed E-state index contributed by atoms with van der Waals surface area (Å²) in [6.45, 7) is 5.65. The van der Waals surface area contributed by atoms with Gasteiger partial charge in [-0.05, 0) is 87.3 Å². The van der Waals surface area contributed by atoms with Crippen molar-refractivity contribution < 1.29 is 13.6 Å². The largest absolute Gasteiger partial charge is 0.352 e. The second-order valence-corrected chi connectivity index (χ2v) is 16.8. The number of aromatic nitrogens is 3. The smallest absolute Gasteiger partial charge is 0.226 e. The van der Waals surface area contributed by atoms with E-state index in [4.69, 9.17) is 28.2 Å². The first-order chi connectivity index (χ1) is 26.1. The summed E-state index contributed by atoms with van der Waals surface area (Å²) in [4.78, 5) is 28.0. The molecule has 3 aromatic heterocycles. The quantitative estimate of drug-likeness (QED) is 0.179. The highest BCUT2D eigenvalue weighted by Gasteiger charge is 2.55. The number of aryl methyl sites for hydroxylation is 3. The number of rotatable bonds is 7. The normalized spacial score (nSPS) is 25.8. The van der Waals surface area contributed by atoms with Gasteiger partial charge in [0.25, 0.3) is 0 Å². The van der Waals surface area contributed by atoms with E-state index in [2.05, 4.69) is 31.9 Å². The maximum absolute atomic E-state index is 17.3. The molecule has 6 atom stereocenters. The van der Waals surface area contributed by atoms with Gasteiger partial charge >= 0.3 is 0 Å². The van der Waals surface area contributed by atoms with Crippen molar-refractivity contribution in [3.8, 4) is 17.2 Å². The number of likely N-dealkylation sites (tertiary alicyclic amines) is 1. The van der Waals surface area contributed by atoms with Gasteiger partial charge in [0.1, 0.15) is 5.52 Å². The molecule has 0 radical (unpaired) electrons. The molecule has 6 fully saturated rings. The van der Waals surface area contributed by atoms with Crippen molar-refractivity contribution >= 4 is 56.7 Å². The molecule has 12 heteroatoms. The van der Waals surface area contributed by atoms with Crippen LogP contribution >= 0.6 is 23.2 Å². The topological polar surface area (TPSA) is 90.1 Å². The van der Waals surface area contributed by atoms with E-state index in [1.165, 1.54) is 0 Å². The van der Waals surface area contributed by atoms with Crippen molar-refractivity contribution in [2.75, 3.05) is 24.5 Å². The SMILES string of the molecule is Cc1ccnc(N2CC3CC(C2)N(C(=O)C2CC2)C3c2cc3c(C)nc4c(F)c(-c5cccc(Cl)c5Cl)c(CCC#N)cc4c3n2C2C3CNC2C3)c1F. The zero-order chi connectivity index (χ0) is 37.2. The van der Waals surface area contributed by atoms with E-state index in [1.54, 1.807) is 37.4 Å². The average molecular weight is 767 g/mol. The van der Waals surface area contributed by atoms with Crippen molar-refractivity contribution in [2.24, 2.45) is 17.8 Å².